The lowest BCUT2D eigenvalue weighted by atomic mass is 9.93. The molecule has 1 aliphatic carbocycles. The molecule has 2 fully saturated rings. The summed E-state index contributed by atoms with van der Waals surface area (Å²) in [5, 5.41) is 3.57. The van der Waals surface area contributed by atoms with Crippen molar-refractivity contribution in [2.75, 3.05) is 53.9 Å². The Balaban J connectivity index is 0.00000480. The van der Waals surface area contributed by atoms with Crippen LogP contribution in [0.2, 0.25) is 0 Å². The molecule has 0 aromatic carbocycles. The third kappa shape index (κ3) is 10.1. The number of carbonyl (C=O) groups excluding carboxylic acids is 1. The molecule has 2 aliphatic rings. The van der Waals surface area contributed by atoms with Crippen LogP contribution in [0.3, 0.4) is 0 Å². The lowest BCUT2D eigenvalue weighted by Gasteiger charge is -2.40. The first-order chi connectivity index (χ1) is 13.9. The second-order valence-corrected chi connectivity index (χ2v) is 11.1. The largest absolute Gasteiger partial charge is 0.444 e. The van der Waals surface area contributed by atoms with Crippen molar-refractivity contribution in [3.8, 4) is 0 Å². The summed E-state index contributed by atoms with van der Waals surface area (Å²) < 4.78 is 5.72. The SMILES string of the molecule is CN=C(NCC(C)(C)CN(C)C)N1CCC(N(CC2CC2)C(=O)OC(C)(C)C)CC1.I. The Morgan fingerprint density at radius 3 is 2.13 bits per heavy atom. The molecule has 182 valence electrons. The van der Waals surface area contributed by atoms with E-state index in [0.29, 0.717) is 5.92 Å². The zero-order valence-electron chi connectivity index (χ0n) is 21.0. The fourth-order valence-corrected chi connectivity index (χ4v) is 4.22. The molecule has 0 spiro atoms. The number of nitrogens with one attached hydrogen (secondary N) is 1. The molecule has 1 amide bonds. The minimum atomic E-state index is -0.453. The van der Waals surface area contributed by atoms with Gasteiger partial charge in [-0.05, 0) is 71.9 Å². The highest BCUT2D eigenvalue weighted by Gasteiger charge is 2.35. The molecule has 1 aliphatic heterocycles. The molecule has 7 nitrogen and oxygen atoms in total. The highest BCUT2D eigenvalue weighted by atomic mass is 127. The number of halogens is 1. The maximum absolute atomic E-state index is 12.8. The van der Waals surface area contributed by atoms with Gasteiger partial charge in [0.05, 0.1) is 0 Å². The first-order valence-electron chi connectivity index (χ1n) is 11.5. The molecule has 0 atom stereocenters. The van der Waals surface area contributed by atoms with Gasteiger partial charge in [0.25, 0.3) is 0 Å². The topological polar surface area (TPSA) is 60.4 Å². The van der Waals surface area contributed by atoms with Gasteiger partial charge in [-0.15, -0.1) is 24.0 Å². The van der Waals surface area contributed by atoms with Crippen LogP contribution >= 0.6 is 24.0 Å². The van der Waals surface area contributed by atoms with Crippen molar-refractivity contribution in [1.82, 2.24) is 20.0 Å². The Kier molecular flexibility index (Phi) is 10.9. The minimum absolute atomic E-state index is 0. The Bertz CT molecular complexity index is 591. The van der Waals surface area contributed by atoms with Gasteiger partial charge in [0.1, 0.15) is 5.60 Å². The van der Waals surface area contributed by atoms with Gasteiger partial charge in [0.2, 0.25) is 0 Å². The summed E-state index contributed by atoms with van der Waals surface area (Å²) in [6, 6.07) is 0.250. The van der Waals surface area contributed by atoms with Crippen molar-refractivity contribution in [2.45, 2.75) is 71.9 Å². The summed E-state index contributed by atoms with van der Waals surface area (Å²) in [7, 11) is 6.08. The number of carbonyl (C=O) groups is 1. The second kappa shape index (κ2) is 11.9. The van der Waals surface area contributed by atoms with E-state index >= 15 is 0 Å². The summed E-state index contributed by atoms with van der Waals surface area (Å²) in [4.78, 5) is 23.9. The predicted molar refractivity (Wildman–Crippen MR) is 139 cm³/mol. The third-order valence-corrected chi connectivity index (χ3v) is 5.67. The van der Waals surface area contributed by atoms with E-state index in [1.807, 2.05) is 32.7 Å². The number of rotatable bonds is 7. The van der Waals surface area contributed by atoms with Crippen molar-refractivity contribution < 1.29 is 9.53 Å². The predicted octanol–water partition coefficient (Wildman–Crippen LogP) is 3.88. The number of hydrogen-bond acceptors (Lipinski definition) is 4. The smallest absolute Gasteiger partial charge is 0.410 e. The molecule has 0 aromatic rings. The van der Waals surface area contributed by atoms with E-state index in [1.165, 1.54) is 12.8 Å². The average Bonchev–Trinajstić information content (AvgIpc) is 3.42. The first kappa shape index (κ1) is 28.3. The van der Waals surface area contributed by atoms with Crippen LogP contribution in [0.4, 0.5) is 4.79 Å². The fraction of sp³-hybridized carbons (Fsp3) is 0.913. The van der Waals surface area contributed by atoms with Crippen LogP contribution in [0.5, 0.6) is 0 Å². The van der Waals surface area contributed by atoms with Crippen LogP contribution in [0.15, 0.2) is 4.99 Å². The number of ether oxygens (including phenoxy) is 1. The van der Waals surface area contributed by atoms with E-state index in [-0.39, 0.29) is 41.5 Å². The number of nitrogens with zero attached hydrogens (tertiary/aromatic N) is 4. The van der Waals surface area contributed by atoms with Gasteiger partial charge in [-0.2, -0.15) is 0 Å². The monoisotopic (exact) mass is 551 g/mol. The zero-order chi connectivity index (χ0) is 22.5. The molecule has 2 rings (SSSR count). The van der Waals surface area contributed by atoms with E-state index in [0.717, 1.165) is 51.5 Å². The molecule has 31 heavy (non-hydrogen) atoms. The third-order valence-electron chi connectivity index (χ3n) is 5.67. The van der Waals surface area contributed by atoms with Crippen molar-refractivity contribution in [3.05, 3.63) is 0 Å². The molecule has 0 radical (unpaired) electrons. The minimum Gasteiger partial charge on any atom is -0.444 e. The summed E-state index contributed by atoms with van der Waals surface area (Å²) in [5.74, 6) is 1.62. The van der Waals surface area contributed by atoms with Crippen molar-refractivity contribution in [2.24, 2.45) is 16.3 Å². The number of amides is 1. The van der Waals surface area contributed by atoms with Gasteiger partial charge in [-0.3, -0.25) is 4.99 Å². The van der Waals surface area contributed by atoms with E-state index in [4.69, 9.17) is 4.74 Å². The second-order valence-electron chi connectivity index (χ2n) is 11.1. The standard InChI is InChI=1S/C23H45N5O2.HI/c1-22(2,3)30-21(29)28(15-18-9-10-18)19-11-13-27(14-12-19)20(24-6)25-16-23(4,5)17-26(7)8;/h18-19H,9-17H2,1-8H3,(H,24,25);1H. The normalized spacial score (nSPS) is 18.6. The molecule has 1 saturated carbocycles. The Labute approximate surface area is 207 Å². The van der Waals surface area contributed by atoms with E-state index in [1.54, 1.807) is 0 Å². The van der Waals surface area contributed by atoms with Gasteiger partial charge >= 0.3 is 6.09 Å². The van der Waals surface area contributed by atoms with Crippen LogP contribution in [-0.2, 0) is 4.74 Å². The van der Waals surface area contributed by atoms with E-state index < -0.39 is 5.60 Å². The summed E-state index contributed by atoms with van der Waals surface area (Å²) in [6.07, 6.45) is 4.22. The zero-order valence-corrected chi connectivity index (χ0v) is 23.4. The van der Waals surface area contributed by atoms with E-state index in [9.17, 15) is 4.79 Å². The summed E-state index contributed by atoms with van der Waals surface area (Å²) in [5.41, 5.74) is -0.291. The van der Waals surface area contributed by atoms with E-state index in [2.05, 4.69) is 48.1 Å². The Morgan fingerprint density at radius 2 is 1.68 bits per heavy atom. The average molecular weight is 552 g/mol. The molecule has 8 heteroatoms. The lowest BCUT2D eigenvalue weighted by Crippen LogP contribution is -2.53. The molecule has 0 aromatic heterocycles. The van der Waals surface area contributed by atoms with Gasteiger partial charge < -0.3 is 24.8 Å². The van der Waals surface area contributed by atoms with Crippen LogP contribution in [0, 0.1) is 11.3 Å². The number of hydrogen-bond donors (Lipinski definition) is 1. The first-order valence-corrected chi connectivity index (χ1v) is 11.5. The van der Waals surface area contributed by atoms with Gasteiger partial charge in [0, 0.05) is 45.8 Å². The van der Waals surface area contributed by atoms with Crippen LogP contribution in [-0.4, -0.2) is 92.3 Å². The fourth-order valence-electron chi connectivity index (χ4n) is 4.22. The maximum atomic E-state index is 12.8. The van der Waals surface area contributed by atoms with Crippen LogP contribution < -0.4 is 5.32 Å². The lowest BCUT2D eigenvalue weighted by molar-refractivity contribution is 0.00926. The molecular weight excluding hydrogens is 505 g/mol. The summed E-state index contributed by atoms with van der Waals surface area (Å²) >= 11 is 0. The molecule has 1 heterocycles. The van der Waals surface area contributed by atoms with Crippen molar-refractivity contribution in [1.29, 1.82) is 0 Å². The van der Waals surface area contributed by atoms with Gasteiger partial charge in [-0.1, -0.05) is 13.8 Å². The number of guanidine groups is 1. The number of piperidine rings is 1. The quantitative estimate of drug-likeness (QED) is 0.296. The van der Waals surface area contributed by atoms with Crippen molar-refractivity contribution in [3.63, 3.8) is 0 Å². The Hall–Kier alpha value is -0.770. The summed E-state index contributed by atoms with van der Waals surface area (Å²) in [6.45, 7) is 14.9. The van der Waals surface area contributed by atoms with Crippen LogP contribution in [0.1, 0.15) is 60.3 Å². The highest BCUT2D eigenvalue weighted by molar-refractivity contribution is 14.0. The maximum Gasteiger partial charge on any atom is 0.410 e. The highest BCUT2D eigenvalue weighted by Crippen LogP contribution is 2.32. The van der Waals surface area contributed by atoms with Gasteiger partial charge in [0.15, 0.2) is 5.96 Å². The Morgan fingerprint density at radius 1 is 1.10 bits per heavy atom. The molecule has 1 N–H and O–H groups in total. The number of aliphatic imine (C=N–C) groups is 1. The number of likely N-dealkylation sites (tertiary alicyclic amines) is 1. The molecular formula is C23H46IN5O2. The molecule has 0 bridgehead atoms. The molecule has 0 unspecified atom stereocenters. The van der Waals surface area contributed by atoms with Gasteiger partial charge in [-0.25, -0.2) is 4.79 Å². The van der Waals surface area contributed by atoms with Crippen molar-refractivity contribution >= 4 is 36.0 Å². The van der Waals surface area contributed by atoms with Crippen LogP contribution in [0.25, 0.3) is 0 Å². The molecule has 1 saturated heterocycles.